The maximum absolute atomic E-state index is 12.4. The van der Waals surface area contributed by atoms with Crippen LogP contribution in [0.2, 0.25) is 0 Å². The van der Waals surface area contributed by atoms with Gasteiger partial charge in [0.15, 0.2) is 0 Å². The van der Waals surface area contributed by atoms with Gasteiger partial charge in [0.1, 0.15) is 0 Å². The molecule has 0 aliphatic heterocycles. The van der Waals surface area contributed by atoms with Gasteiger partial charge in [0.25, 0.3) is 0 Å². The van der Waals surface area contributed by atoms with Gasteiger partial charge in [0.2, 0.25) is 0 Å². The topological polar surface area (TPSA) is 0 Å². The molecular weight excluding hydrogens is 245 g/mol. The van der Waals surface area contributed by atoms with Crippen molar-refractivity contribution in [3.63, 3.8) is 0 Å². The van der Waals surface area contributed by atoms with Crippen LogP contribution < -0.4 is 0 Å². The van der Waals surface area contributed by atoms with E-state index in [1.54, 1.807) is 19.1 Å². The average molecular weight is 258 g/mol. The van der Waals surface area contributed by atoms with E-state index in [9.17, 15) is 13.2 Å². The molecule has 1 rings (SSSR count). The first-order chi connectivity index (χ1) is 7.96. The van der Waals surface area contributed by atoms with Gasteiger partial charge in [0, 0.05) is 10.5 Å². The Bertz CT molecular complexity index is 438. The molecule has 0 fully saturated rings. The summed E-state index contributed by atoms with van der Waals surface area (Å²) in [5, 5.41) is 0. The van der Waals surface area contributed by atoms with Crippen LogP contribution in [0.3, 0.4) is 0 Å². The minimum absolute atomic E-state index is 0.0952. The highest BCUT2D eigenvalue weighted by Gasteiger charge is 2.30. The van der Waals surface area contributed by atoms with Crippen molar-refractivity contribution in [2.75, 3.05) is 0 Å². The lowest BCUT2D eigenvalue weighted by atomic mass is 10.1. The maximum atomic E-state index is 12.4. The highest BCUT2D eigenvalue weighted by Crippen LogP contribution is 2.38. The average Bonchev–Trinajstić information content (AvgIpc) is 2.20. The molecule has 0 aliphatic carbocycles. The number of alkyl halides is 3. The molecule has 1 aromatic carbocycles. The molecule has 0 saturated heterocycles. The first-order valence-corrected chi connectivity index (χ1v) is 6.09. The molecule has 0 spiro atoms. The van der Waals surface area contributed by atoms with Crippen LogP contribution in [0.4, 0.5) is 13.2 Å². The first kappa shape index (κ1) is 14.0. The van der Waals surface area contributed by atoms with Crippen LogP contribution in [-0.4, -0.2) is 5.51 Å². The molecule has 0 atom stereocenters. The number of hydrogen-bond acceptors (Lipinski definition) is 1. The van der Waals surface area contributed by atoms with Crippen molar-refractivity contribution in [2.24, 2.45) is 0 Å². The standard InChI is InChI=1S/C13H13F3S/c1-3-5-10-7-8-11(6-4-2)12(9-10)17-13(14,15)16/h7-9H,3,5H2,1-2H3. The number of rotatable bonds is 3. The van der Waals surface area contributed by atoms with Crippen LogP contribution in [-0.2, 0) is 6.42 Å². The lowest BCUT2D eigenvalue weighted by molar-refractivity contribution is -0.0328. The molecule has 0 aliphatic rings. The van der Waals surface area contributed by atoms with Gasteiger partial charge in [-0.2, -0.15) is 13.2 Å². The third-order valence-corrected chi connectivity index (χ3v) is 2.86. The van der Waals surface area contributed by atoms with Gasteiger partial charge in [-0.25, -0.2) is 0 Å². The van der Waals surface area contributed by atoms with Crippen LogP contribution in [0.5, 0.6) is 0 Å². The summed E-state index contributed by atoms with van der Waals surface area (Å²) in [5.74, 6) is 5.33. The molecule has 0 bridgehead atoms. The Morgan fingerprint density at radius 1 is 1.29 bits per heavy atom. The third kappa shape index (κ3) is 4.74. The Hall–Kier alpha value is -1.08. The zero-order valence-corrected chi connectivity index (χ0v) is 10.5. The van der Waals surface area contributed by atoms with Crippen molar-refractivity contribution in [2.45, 2.75) is 37.1 Å². The highest BCUT2D eigenvalue weighted by molar-refractivity contribution is 8.00. The number of halogens is 3. The fraction of sp³-hybridized carbons (Fsp3) is 0.385. The van der Waals surface area contributed by atoms with E-state index in [1.807, 2.05) is 13.0 Å². The normalized spacial score (nSPS) is 10.9. The molecule has 0 nitrogen and oxygen atoms in total. The lowest BCUT2D eigenvalue weighted by Crippen LogP contribution is -2.01. The van der Waals surface area contributed by atoms with Crippen molar-refractivity contribution in [1.29, 1.82) is 0 Å². The summed E-state index contributed by atoms with van der Waals surface area (Å²) in [4.78, 5) is 0.192. The second-order valence-electron chi connectivity index (χ2n) is 3.50. The number of aryl methyl sites for hydroxylation is 1. The van der Waals surface area contributed by atoms with E-state index in [1.165, 1.54) is 0 Å². The second kappa shape index (κ2) is 6.02. The summed E-state index contributed by atoms with van der Waals surface area (Å²) in [6.45, 7) is 3.61. The van der Waals surface area contributed by atoms with Crippen molar-refractivity contribution >= 4 is 11.8 Å². The molecule has 0 amide bonds. The SMILES string of the molecule is CC#Cc1ccc(CCC)cc1SC(F)(F)F. The summed E-state index contributed by atoms with van der Waals surface area (Å²) >= 11 is -0.0952. The van der Waals surface area contributed by atoms with Gasteiger partial charge in [-0.05, 0) is 42.8 Å². The van der Waals surface area contributed by atoms with Gasteiger partial charge in [0.05, 0.1) is 0 Å². The zero-order chi connectivity index (χ0) is 12.9. The van der Waals surface area contributed by atoms with E-state index in [4.69, 9.17) is 0 Å². The van der Waals surface area contributed by atoms with Gasteiger partial charge in [-0.1, -0.05) is 25.3 Å². The molecule has 1 aromatic rings. The molecule has 92 valence electrons. The van der Waals surface area contributed by atoms with E-state index in [2.05, 4.69) is 11.8 Å². The Labute approximate surface area is 104 Å². The monoisotopic (exact) mass is 258 g/mol. The molecule has 0 aromatic heterocycles. The molecule has 17 heavy (non-hydrogen) atoms. The van der Waals surface area contributed by atoms with Gasteiger partial charge < -0.3 is 0 Å². The summed E-state index contributed by atoms with van der Waals surface area (Å²) in [7, 11) is 0. The summed E-state index contributed by atoms with van der Waals surface area (Å²) < 4.78 is 37.2. The van der Waals surface area contributed by atoms with Crippen molar-refractivity contribution in [3.05, 3.63) is 29.3 Å². The summed E-state index contributed by atoms with van der Waals surface area (Å²) in [6, 6.07) is 5.08. The minimum atomic E-state index is -4.27. The third-order valence-electron chi connectivity index (χ3n) is 2.07. The smallest absolute Gasteiger partial charge is 0.160 e. The number of hydrogen-bond donors (Lipinski definition) is 0. The molecule has 0 unspecified atom stereocenters. The predicted octanol–water partition coefficient (Wildman–Crippen LogP) is 4.62. The number of thioether (sulfide) groups is 1. The largest absolute Gasteiger partial charge is 0.446 e. The predicted molar refractivity (Wildman–Crippen MR) is 64.9 cm³/mol. The van der Waals surface area contributed by atoms with Crippen molar-refractivity contribution in [1.82, 2.24) is 0 Å². The Morgan fingerprint density at radius 2 is 2.00 bits per heavy atom. The van der Waals surface area contributed by atoms with Crippen LogP contribution >= 0.6 is 11.8 Å². The van der Waals surface area contributed by atoms with Gasteiger partial charge in [-0.15, -0.1) is 5.92 Å². The van der Waals surface area contributed by atoms with Crippen molar-refractivity contribution < 1.29 is 13.2 Å². The second-order valence-corrected chi connectivity index (χ2v) is 4.61. The van der Waals surface area contributed by atoms with E-state index >= 15 is 0 Å². The molecule has 0 heterocycles. The van der Waals surface area contributed by atoms with E-state index in [-0.39, 0.29) is 16.7 Å². The van der Waals surface area contributed by atoms with Gasteiger partial charge >= 0.3 is 5.51 Å². The molecule has 0 N–H and O–H groups in total. The lowest BCUT2D eigenvalue weighted by Gasteiger charge is -2.09. The first-order valence-electron chi connectivity index (χ1n) is 5.27. The van der Waals surface area contributed by atoms with Crippen LogP contribution in [0, 0.1) is 11.8 Å². The molecule has 0 radical (unpaired) electrons. The zero-order valence-electron chi connectivity index (χ0n) is 9.69. The summed E-state index contributed by atoms with van der Waals surface area (Å²) in [6.07, 6.45) is 1.69. The fourth-order valence-corrected chi connectivity index (χ4v) is 2.15. The Kier molecular flexibility index (Phi) is 4.95. The van der Waals surface area contributed by atoms with E-state index < -0.39 is 5.51 Å². The number of benzene rings is 1. The molecule has 0 saturated carbocycles. The Balaban J connectivity index is 3.09. The van der Waals surface area contributed by atoms with Crippen molar-refractivity contribution in [3.8, 4) is 11.8 Å². The Morgan fingerprint density at radius 3 is 2.53 bits per heavy atom. The quantitative estimate of drug-likeness (QED) is 0.563. The van der Waals surface area contributed by atoms with Crippen LogP contribution in [0.1, 0.15) is 31.4 Å². The van der Waals surface area contributed by atoms with E-state index in [0.29, 0.717) is 5.56 Å². The molecular formula is C13H13F3S. The molecule has 4 heteroatoms. The van der Waals surface area contributed by atoms with Crippen LogP contribution in [0.25, 0.3) is 0 Å². The van der Waals surface area contributed by atoms with E-state index in [0.717, 1.165) is 18.4 Å². The van der Waals surface area contributed by atoms with Crippen LogP contribution in [0.15, 0.2) is 23.1 Å². The highest BCUT2D eigenvalue weighted by atomic mass is 32.2. The summed E-state index contributed by atoms with van der Waals surface area (Å²) in [5.41, 5.74) is -2.91. The minimum Gasteiger partial charge on any atom is -0.160 e. The van der Waals surface area contributed by atoms with Gasteiger partial charge in [-0.3, -0.25) is 0 Å². The maximum Gasteiger partial charge on any atom is 0.446 e. The fourth-order valence-electron chi connectivity index (χ4n) is 1.46.